The van der Waals surface area contributed by atoms with Crippen molar-refractivity contribution in [1.29, 1.82) is 0 Å². The Morgan fingerprint density at radius 3 is 2.85 bits per heavy atom. The highest BCUT2D eigenvalue weighted by Crippen LogP contribution is 2.27. The van der Waals surface area contributed by atoms with E-state index < -0.39 is 0 Å². The van der Waals surface area contributed by atoms with Crippen LogP contribution in [0.25, 0.3) is 11.0 Å². The summed E-state index contributed by atoms with van der Waals surface area (Å²) < 4.78 is 6.17. The molecule has 0 bridgehead atoms. The number of furan rings is 1. The zero-order valence-corrected chi connectivity index (χ0v) is 8.59. The third-order valence-electron chi connectivity index (χ3n) is 1.85. The van der Waals surface area contributed by atoms with Crippen molar-refractivity contribution in [1.82, 2.24) is 0 Å². The molecule has 0 N–H and O–H groups in total. The first-order valence-corrected chi connectivity index (χ1v) is 4.65. The van der Waals surface area contributed by atoms with Crippen molar-refractivity contribution in [2.24, 2.45) is 0 Å². The van der Waals surface area contributed by atoms with E-state index in [4.69, 9.17) is 4.42 Å². The van der Waals surface area contributed by atoms with Gasteiger partial charge in [0.2, 0.25) is 0 Å². The lowest BCUT2D eigenvalue weighted by molar-refractivity contribution is 0.110. The average molecular weight is 239 g/mol. The quantitative estimate of drug-likeness (QED) is 0.714. The molecule has 13 heavy (non-hydrogen) atoms. The number of halogens is 1. The van der Waals surface area contributed by atoms with Crippen molar-refractivity contribution >= 4 is 33.2 Å². The molecule has 2 aromatic rings. The molecule has 0 amide bonds. The van der Waals surface area contributed by atoms with Crippen molar-refractivity contribution in [3.05, 3.63) is 34.0 Å². The molecule has 66 valence electrons. The lowest BCUT2D eigenvalue weighted by Crippen LogP contribution is -1.72. The molecule has 0 atom stereocenters. The molecule has 0 fully saturated rings. The third kappa shape index (κ3) is 1.40. The molecule has 0 unspecified atom stereocenters. The predicted molar refractivity (Wildman–Crippen MR) is 54.0 cm³/mol. The fourth-order valence-corrected chi connectivity index (χ4v) is 2.00. The first kappa shape index (κ1) is 8.51. The van der Waals surface area contributed by atoms with Crippen LogP contribution in [0.3, 0.4) is 0 Å². The number of aryl methyl sites for hydroxylation is 1. The van der Waals surface area contributed by atoms with E-state index in [-0.39, 0.29) is 0 Å². The highest BCUT2D eigenvalue weighted by atomic mass is 79.9. The Morgan fingerprint density at radius 1 is 1.38 bits per heavy atom. The lowest BCUT2D eigenvalue weighted by Gasteiger charge is -1.94. The maximum Gasteiger partial charge on any atom is 0.185 e. The second-order valence-corrected chi connectivity index (χ2v) is 3.79. The van der Waals surface area contributed by atoms with Gasteiger partial charge in [-0.1, -0.05) is 0 Å². The normalized spacial score (nSPS) is 10.6. The number of fused-ring (bicyclic) bond motifs is 1. The minimum absolute atomic E-state index is 0.362. The number of carbonyl (C=O) groups is 1. The SMILES string of the molecule is Cc1cc(Br)c2oc(C=O)cc2c1. The van der Waals surface area contributed by atoms with Crippen LogP contribution in [0.2, 0.25) is 0 Å². The Morgan fingerprint density at radius 2 is 2.15 bits per heavy atom. The van der Waals surface area contributed by atoms with E-state index in [9.17, 15) is 4.79 Å². The van der Waals surface area contributed by atoms with Crippen molar-refractivity contribution in [2.45, 2.75) is 6.92 Å². The molecule has 0 saturated carbocycles. The summed E-state index contributed by atoms with van der Waals surface area (Å²) in [4.78, 5) is 10.5. The van der Waals surface area contributed by atoms with Gasteiger partial charge < -0.3 is 4.42 Å². The second-order valence-electron chi connectivity index (χ2n) is 2.93. The maximum absolute atomic E-state index is 10.5. The van der Waals surface area contributed by atoms with Gasteiger partial charge in [-0.05, 0) is 46.6 Å². The number of hydrogen-bond acceptors (Lipinski definition) is 2. The van der Waals surface area contributed by atoms with Gasteiger partial charge >= 0.3 is 0 Å². The number of hydrogen-bond donors (Lipinski definition) is 0. The largest absolute Gasteiger partial charge is 0.452 e. The molecular formula is C10H7BrO2. The third-order valence-corrected chi connectivity index (χ3v) is 2.44. The molecular weight excluding hydrogens is 232 g/mol. The summed E-state index contributed by atoms with van der Waals surface area (Å²) in [5.41, 5.74) is 1.87. The molecule has 0 spiro atoms. The standard InChI is InChI=1S/C10H7BrO2/c1-6-2-7-4-8(5-12)13-10(7)9(11)3-6/h2-5H,1H3. The monoisotopic (exact) mass is 238 g/mol. The Labute approximate surface area is 83.7 Å². The van der Waals surface area contributed by atoms with Gasteiger partial charge in [0, 0.05) is 5.39 Å². The van der Waals surface area contributed by atoms with E-state index in [1.54, 1.807) is 6.07 Å². The zero-order valence-electron chi connectivity index (χ0n) is 7.00. The minimum atomic E-state index is 0.362. The van der Waals surface area contributed by atoms with Gasteiger partial charge in [-0.25, -0.2) is 0 Å². The summed E-state index contributed by atoms with van der Waals surface area (Å²) >= 11 is 3.38. The van der Waals surface area contributed by atoms with Gasteiger partial charge in [0.25, 0.3) is 0 Å². The van der Waals surface area contributed by atoms with Crippen LogP contribution in [0.1, 0.15) is 16.1 Å². The molecule has 0 saturated heterocycles. The molecule has 0 radical (unpaired) electrons. The van der Waals surface area contributed by atoms with E-state index in [1.165, 1.54) is 0 Å². The summed E-state index contributed by atoms with van der Waals surface area (Å²) in [7, 11) is 0. The Hall–Kier alpha value is -1.09. The fraction of sp³-hybridized carbons (Fsp3) is 0.100. The minimum Gasteiger partial charge on any atom is -0.452 e. The molecule has 1 aromatic heterocycles. The number of carbonyl (C=O) groups excluding carboxylic acids is 1. The van der Waals surface area contributed by atoms with Gasteiger partial charge in [-0.2, -0.15) is 0 Å². The van der Waals surface area contributed by atoms with Crippen LogP contribution >= 0.6 is 15.9 Å². The fourth-order valence-electron chi connectivity index (χ4n) is 1.33. The molecule has 0 aliphatic heterocycles. The maximum atomic E-state index is 10.5. The number of rotatable bonds is 1. The molecule has 0 aliphatic carbocycles. The summed E-state index contributed by atoms with van der Waals surface area (Å²) in [6.45, 7) is 2.00. The predicted octanol–water partition coefficient (Wildman–Crippen LogP) is 3.32. The highest BCUT2D eigenvalue weighted by Gasteiger charge is 2.06. The van der Waals surface area contributed by atoms with E-state index in [0.29, 0.717) is 12.0 Å². The summed E-state index contributed by atoms with van der Waals surface area (Å²) in [6.07, 6.45) is 0.710. The first-order chi connectivity index (χ1) is 6.20. The van der Waals surface area contributed by atoms with Gasteiger partial charge in [-0.3, -0.25) is 4.79 Å². The summed E-state index contributed by atoms with van der Waals surface area (Å²) in [5.74, 6) is 0.362. The van der Waals surface area contributed by atoms with Crippen LogP contribution in [-0.2, 0) is 0 Å². The van der Waals surface area contributed by atoms with Crippen LogP contribution in [-0.4, -0.2) is 6.29 Å². The van der Waals surface area contributed by atoms with Crippen LogP contribution in [0.4, 0.5) is 0 Å². The van der Waals surface area contributed by atoms with E-state index >= 15 is 0 Å². The van der Waals surface area contributed by atoms with Crippen molar-refractivity contribution < 1.29 is 9.21 Å². The number of aldehydes is 1. The van der Waals surface area contributed by atoms with Crippen LogP contribution in [0.5, 0.6) is 0 Å². The first-order valence-electron chi connectivity index (χ1n) is 3.85. The van der Waals surface area contributed by atoms with Gasteiger partial charge in [0.15, 0.2) is 12.0 Å². The number of benzene rings is 1. The molecule has 1 heterocycles. The van der Waals surface area contributed by atoms with Crippen molar-refractivity contribution in [3.63, 3.8) is 0 Å². The van der Waals surface area contributed by atoms with E-state index in [2.05, 4.69) is 15.9 Å². The summed E-state index contributed by atoms with van der Waals surface area (Å²) in [5, 5.41) is 0.953. The lowest BCUT2D eigenvalue weighted by atomic mass is 10.2. The van der Waals surface area contributed by atoms with Gasteiger partial charge in [0.05, 0.1) is 4.47 Å². The van der Waals surface area contributed by atoms with E-state index in [0.717, 1.165) is 21.0 Å². The van der Waals surface area contributed by atoms with Crippen LogP contribution in [0, 0.1) is 6.92 Å². The molecule has 2 rings (SSSR count). The Bertz CT molecular complexity index is 471. The molecule has 2 nitrogen and oxygen atoms in total. The van der Waals surface area contributed by atoms with Gasteiger partial charge in [-0.15, -0.1) is 0 Å². The highest BCUT2D eigenvalue weighted by molar-refractivity contribution is 9.10. The van der Waals surface area contributed by atoms with Crippen LogP contribution in [0.15, 0.2) is 27.1 Å². The van der Waals surface area contributed by atoms with Crippen molar-refractivity contribution in [3.8, 4) is 0 Å². The van der Waals surface area contributed by atoms with Gasteiger partial charge in [0.1, 0.15) is 5.58 Å². The summed E-state index contributed by atoms with van der Waals surface area (Å²) in [6, 6.07) is 5.68. The topological polar surface area (TPSA) is 30.2 Å². The molecule has 0 aliphatic rings. The molecule has 1 aromatic carbocycles. The van der Waals surface area contributed by atoms with E-state index in [1.807, 2.05) is 19.1 Å². The zero-order chi connectivity index (χ0) is 9.42. The second kappa shape index (κ2) is 3.00. The smallest absolute Gasteiger partial charge is 0.185 e. The Kier molecular flexibility index (Phi) is 1.96. The Balaban J connectivity index is 2.82. The molecule has 3 heteroatoms. The van der Waals surface area contributed by atoms with Crippen molar-refractivity contribution in [2.75, 3.05) is 0 Å². The average Bonchev–Trinajstić information content (AvgIpc) is 2.47. The van der Waals surface area contributed by atoms with Crippen LogP contribution < -0.4 is 0 Å².